The first-order valence-corrected chi connectivity index (χ1v) is 8.84. The maximum atomic E-state index is 13.0. The van der Waals surface area contributed by atoms with Crippen molar-refractivity contribution in [2.45, 2.75) is 19.1 Å². The van der Waals surface area contributed by atoms with Gasteiger partial charge in [-0.15, -0.1) is 0 Å². The molecule has 0 aliphatic carbocycles. The van der Waals surface area contributed by atoms with Crippen molar-refractivity contribution < 1.29 is 18.7 Å². The summed E-state index contributed by atoms with van der Waals surface area (Å²) in [6.07, 6.45) is -0.816. The Labute approximate surface area is 137 Å². The topological polar surface area (TPSA) is 59.0 Å². The second-order valence-electron chi connectivity index (χ2n) is 5.23. The molecule has 0 saturated carbocycles. The highest BCUT2D eigenvalue weighted by Gasteiger charge is 2.37. The zero-order valence-electron chi connectivity index (χ0n) is 13.5. The minimum Gasteiger partial charge on any atom is -0.413 e. The molecule has 0 radical (unpaired) electrons. The number of nitrogens with zero attached hydrogens (tertiary/aromatic N) is 1. The molecular weight excluding hydrogens is 313 g/mol. The van der Waals surface area contributed by atoms with Gasteiger partial charge in [0.1, 0.15) is 5.75 Å². The summed E-state index contributed by atoms with van der Waals surface area (Å²) >= 11 is 0. The molecule has 0 spiro atoms. The number of benzene rings is 2. The molecule has 0 heterocycles. The number of likely N-dealkylation sites (N-methyl/N-ethyl adjacent to an activating group) is 1. The predicted molar refractivity (Wildman–Crippen MR) is 90.3 cm³/mol. The molecule has 3 unspecified atom stereocenters. The number of hydrogen-bond acceptors (Lipinski definition) is 4. The Morgan fingerprint density at radius 2 is 1.57 bits per heavy atom. The molecule has 2 aromatic rings. The van der Waals surface area contributed by atoms with Crippen molar-refractivity contribution in [2.75, 3.05) is 14.2 Å². The molecule has 0 amide bonds. The van der Waals surface area contributed by atoms with Crippen LogP contribution in [0.4, 0.5) is 0 Å². The van der Waals surface area contributed by atoms with Crippen molar-refractivity contribution in [3.8, 4) is 5.75 Å². The predicted octanol–water partition coefficient (Wildman–Crippen LogP) is 3.87. The van der Waals surface area contributed by atoms with E-state index in [0.717, 1.165) is 5.56 Å². The average Bonchev–Trinajstić information content (AvgIpc) is 2.61. The van der Waals surface area contributed by atoms with Gasteiger partial charge < -0.3 is 9.63 Å². The van der Waals surface area contributed by atoms with Crippen LogP contribution in [0.25, 0.3) is 0 Å². The highest BCUT2D eigenvalue weighted by Crippen LogP contribution is 2.52. The van der Waals surface area contributed by atoms with Crippen molar-refractivity contribution in [1.29, 1.82) is 0 Å². The number of para-hydroxylation sites is 1. The van der Waals surface area contributed by atoms with E-state index in [1.165, 1.54) is 11.8 Å². The lowest BCUT2D eigenvalue weighted by Crippen LogP contribution is -2.33. The Bertz CT molecular complexity index is 650. The van der Waals surface area contributed by atoms with E-state index in [1.807, 2.05) is 36.4 Å². The number of aliphatic hydroxyl groups excluding tert-OH is 1. The largest absolute Gasteiger partial charge is 0.461 e. The number of hydrogen-bond donors (Lipinski definition) is 1. The zero-order valence-corrected chi connectivity index (χ0v) is 14.4. The van der Waals surface area contributed by atoms with Crippen LogP contribution in [0.15, 0.2) is 60.7 Å². The van der Waals surface area contributed by atoms with Gasteiger partial charge in [0.2, 0.25) is 0 Å². The first-order chi connectivity index (χ1) is 11.0. The van der Waals surface area contributed by atoms with Crippen molar-refractivity contribution in [3.05, 3.63) is 66.2 Å². The van der Waals surface area contributed by atoms with Gasteiger partial charge in [0.15, 0.2) is 0 Å². The summed E-state index contributed by atoms with van der Waals surface area (Å²) < 4.78 is 25.2. The van der Waals surface area contributed by atoms with Gasteiger partial charge in [-0.1, -0.05) is 48.5 Å². The Hall–Kier alpha value is -1.65. The lowest BCUT2D eigenvalue weighted by Gasteiger charge is -2.33. The van der Waals surface area contributed by atoms with Crippen LogP contribution in [-0.4, -0.2) is 30.0 Å². The molecule has 124 valence electrons. The molecule has 1 N–H and O–H groups in total. The summed E-state index contributed by atoms with van der Waals surface area (Å²) in [4.78, 5) is 0. The molecule has 5 nitrogen and oxygen atoms in total. The lowest BCUT2D eigenvalue weighted by atomic mass is 10.0. The molecule has 2 rings (SSSR count). The van der Waals surface area contributed by atoms with E-state index in [4.69, 9.17) is 9.05 Å². The third-order valence-corrected chi connectivity index (χ3v) is 5.81. The smallest absolute Gasteiger partial charge is 0.413 e. The van der Waals surface area contributed by atoms with Crippen LogP contribution >= 0.6 is 7.75 Å². The molecule has 23 heavy (non-hydrogen) atoms. The summed E-state index contributed by atoms with van der Waals surface area (Å²) in [5, 5.41) is 10.5. The van der Waals surface area contributed by atoms with E-state index in [-0.39, 0.29) is 0 Å². The molecule has 0 bridgehead atoms. The van der Waals surface area contributed by atoms with Crippen LogP contribution in [-0.2, 0) is 9.09 Å². The van der Waals surface area contributed by atoms with Crippen LogP contribution in [0.5, 0.6) is 5.75 Å². The molecule has 2 aromatic carbocycles. The van der Waals surface area contributed by atoms with Gasteiger partial charge >= 0.3 is 7.75 Å². The van der Waals surface area contributed by atoms with Gasteiger partial charge in [-0.3, -0.25) is 4.52 Å². The van der Waals surface area contributed by atoms with Gasteiger partial charge in [-0.25, -0.2) is 4.57 Å². The first-order valence-electron chi connectivity index (χ1n) is 7.34. The summed E-state index contributed by atoms with van der Waals surface area (Å²) in [6, 6.07) is 17.6. The molecule has 6 heteroatoms. The fourth-order valence-corrected chi connectivity index (χ4v) is 3.62. The third kappa shape index (κ3) is 4.21. The quantitative estimate of drug-likeness (QED) is 0.778. The number of aliphatic hydroxyl groups is 1. The highest BCUT2D eigenvalue weighted by atomic mass is 31.2. The van der Waals surface area contributed by atoms with E-state index >= 15 is 0 Å². The van der Waals surface area contributed by atoms with Crippen LogP contribution < -0.4 is 4.52 Å². The second-order valence-corrected chi connectivity index (χ2v) is 7.34. The first kappa shape index (κ1) is 17.7. The van der Waals surface area contributed by atoms with Gasteiger partial charge in [-0.05, 0) is 31.7 Å². The zero-order chi connectivity index (χ0) is 16.9. The van der Waals surface area contributed by atoms with Crippen molar-refractivity contribution in [2.24, 2.45) is 0 Å². The van der Waals surface area contributed by atoms with Crippen molar-refractivity contribution in [3.63, 3.8) is 0 Å². The van der Waals surface area contributed by atoms with E-state index in [2.05, 4.69) is 0 Å². The van der Waals surface area contributed by atoms with Crippen molar-refractivity contribution in [1.82, 2.24) is 4.67 Å². The van der Waals surface area contributed by atoms with Gasteiger partial charge in [0.05, 0.1) is 6.10 Å². The highest BCUT2D eigenvalue weighted by molar-refractivity contribution is 7.51. The summed E-state index contributed by atoms with van der Waals surface area (Å²) in [5.41, 5.74) is 0.745. The molecule has 0 aliphatic heterocycles. The van der Waals surface area contributed by atoms with E-state index < -0.39 is 19.9 Å². The molecule has 0 saturated heterocycles. The third-order valence-electron chi connectivity index (χ3n) is 3.77. The van der Waals surface area contributed by atoms with Gasteiger partial charge in [0, 0.05) is 13.2 Å². The maximum absolute atomic E-state index is 13.0. The Morgan fingerprint density at radius 1 is 1.04 bits per heavy atom. The van der Waals surface area contributed by atoms with Crippen LogP contribution in [0.3, 0.4) is 0 Å². The lowest BCUT2D eigenvalue weighted by molar-refractivity contribution is 0.0928. The Morgan fingerprint density at radius 3 is 2.09 bits per heavy atom. The molecule has 3 atom stereocenters. The Kier molecular flexibility index (Phi) is 5.97. The Balaban J connectivity index is 2.18. The standard InChI is InChI=1S/C17H22NO4P/c1-14(17(19)15-10-6-4-7-11-15)18(2)23(20,21-3)22-16-12-8-5-9-13-16/h4-14,17,19H,1-3H3. The normalized spacial score (nSPS) is 16.6. The summed E-state index contributed by atoms with van der Waals surface area (Å²) in [5.74, 6) is 0.450. The van der Waals surface area contributed by atoms with Crippen molar-refractivity contribution >= 4 is 7.75 Å². The van der Waals surface area contributed by atoms with Gasteiger partial charge in [0.25, 0.3) is 0 Å². The minimum atomic E-state index is -3.57. The molecule has 0 aromatic heterocycles. The fourth-order valence-electron chi connectivity index (χ4n) is 2.20. The average molecular weight is 335 g/mol. The SMILES string of the molecule is COP(=O)(Oc1ccccc1)N(C)C(C)C(O)c1ccccc1. The van der Waals surface area contributed by atoms with Gasteiger partial charge in [-0.2, -0.15) is 4.67 Å². The molecular formula is C17H22NO4P. The summed E-state index contributed by atoms with van der Waals surface area (Å²) in [7, 11) is -0.620. The second kappa shape index (κ2) is 7.75. The number of rotatable bonds is 7. The molecule has 0 aliphatic rings. The summed E-state index contributed by atoms with van der Waals surface area (Å²) in [6.45, 7) is 1.78. The monoisotopic (exact) mass is 335 g/mol. The van der Waals surface area contributed by atoms with E-state index in [9.17, 15) is 9.67 Å². The van der Waals surface area contributed by atoms with Crippen LogP contribution in [0.1, 0.15) is 18.6 Å². The maximum Gasteiger partial charge on any atom is 0.461 e. The minimum absolute atomic E-state index is 0.450. The van der Waals surface area contributed by atoms with Crippen LogP contribution in [0, 0.1) is 0 Å². The fraction of sp³-hybridized carbons (Fsp3) is 0.294. The molecule has 0 fully saturated rings. The van der Waals surface area contributed by atoms with Crippen LogP contribution in [0.2, 0.25) is 0 Å². The van der Waals surface area contributed by atoms with E-state index in [1.54, 1.807) is 38.2 Å². The van der Waals surface area contributed by atoms with E-state index in [0.29, 0.717) is 5.75 Å².